The van der Waals surface area contributed by atoms with Crippen molar-refractivity contribution >= 4 is 11.0 Å². The molecule has 0 radical (unpaired) electrons. The average Bonchev–Trinajstić information content (AvgIpc) is 2.26. The summed E-state index contributed by atoms with van der Waals surface area (Å²) in [7, 11) is 1.60. The molecule has 78 valence electrons. The zero-order chi connectivity index (χ0) is 10.7. The molecule has 0 unspecified atom stereocenters. The summed E-state index contributed by atoms with van der Waals surface area (Å²) < 4.78 is 4.91. The van der Waals surface area contributed by atoms with Gasteiger partial charge in [-0.1, -0.05) is 12.1 Å². The first-order valence-electron chi connectivity index (χ1n) is 4.65. The number of hydrogen-bond donors (Lipinski definition) is 0. The Morgan fingerprint density at radius 2 is 2.20 bits per heavy atom. The first-order chi connectivity index (χ1) is 7.31. The topological polar surface area (TPSA) is 62.0 Å². The van der Waals surface area contributed by atoms with Gasteiger partial charge >= 0.3 is 0 Å². The van der Waals surface area contributed by atoms with Crippen LogP contribution in [0.5, 0.6) is 0 Å². The molecule has 0 spiro atoms. The van der Waals surface area contributed by atoms with Crippen LogP contribution < -0.4 is 4.85 Å². The van der Waals surface area contributed by atoms with Gasteiger partial charge in [0.25, 0.3) is 5.52 Å². The summed E-state index contributed by atoms with van der Waals surface area (Å²) in [5.74, 6) is 0.505. The molecule has 0 fully saturated rings. The normalized spacial score (nSPS) is 10.7. The van der Waals surface area contributed by atoms with E-state index in [0.717, 1.165) is 0 Å². The highest BCUT2D eigenvalue weighted by atomic mass is 16.5. The Morgan fingerprint density at radius 1 is 1.40 bits per heavy atom. The molecule has 0 aliphatic carbocycles. The molecule has 0 bridgehead atoms. The van der Waals surface area contributed by atoms with E-state index in [2.05, 4.69) is 10.1 Å². The molecule has 0 N–H and O–H groups in total. The molecule has 2 aromatic rings. The van der Waals surface area contributed by atoms with Crippen molar-refractivity contribution in [1.82, 2.24) is 10.1 Å². The van der Waals surface area contributed by atoms with Crippen molar-refractivity contribution in [2.45, 2.75) is 6.42 Å². The van der Waals surface area contributed by atoms with Gasteiger partial charge in [-0.15, -0.1) is 0 Å². The fraction of sp³-hybridized carbons (Fsp3) is 0.300. The van der Waals surface area contributed by atoms with Gasteiger partial charge in [0, 0.05) is 24.7 Å². The molecule has 15 heavy (non-hydrogen) atoms. The van der Waals surface area contributed by atoms with Gasteiger partial charge in [-0.25, -0.2) is 4.98 Å². The minimum absolute atomic E-state index is 0.485. The highest BCUT2D eigenvalue weighted by molar-refractivity contribution is 5.70. The van der Waals surface area contributed by atoms with E-state index >= 15 is 0 Å². The number of benzene rings is 1. The zero-order valence-electron chi connectivity index (χ0n) is 8.38. The number of methoxy groups -OCH3 is 1. The van der Waals surface area contributed by atoms with Crippen LogP contribution in [0, 0.1) is 5.21 Å². The third-order valence-corrected chi connectivity index (χ3v) is 2.07. The van der Waals surface area contributed by atoms with Crippen molar-refractivity contribution in [3.63, 3.8) is 0 Å². The predicted octanol–water partition coefficient (Wildman–Crippen LogP) is 0.452. The smallest absolute Gasteiger partial charge is 0.270 e. The molecular formula is C10H11N3O2. The van der Waals surface area contributed by atoms with Crippen LogP contribution >= 0.6 is 0 Å². The van der Waals surface area contributed by atoms with Crippen molar-refractivity contribution < 1.29 is 9.58 Å². The van der Waals surface area contributed by atoms with Crippen molar-refractivity contribution in [2.75, 3.05) is 13.7 Å². The summed E-state index contributed by atoms with van der Waals surface area (Å²) in [6.07, 6.45) is 0.545. The lowest BCUT2D eigenvalue weighted by molar-refractivity contribution is -0.644. The van der Waals surface area contributed by atoms with Crippen LogP contribution in [0.1, 0.15) is 5.82 Å². The number of fused-ring (bicyclic) bond motifs is 1. The van der Waals surface area contributed by atoms with E-state index in [1.54, 1.807) is 25.3 Å². The second kappa shape index (κ2) is 4.18. The molecule has 0 amide bonds. The summed E-state index contributed by atoms with van der Waals surface area (Å²) in [5, 5.41) is 15.3. The fourth-order valence-corrected chi connectivity index (χ4v) is 1.34. The molecule has 0 saturated carbocycles. The number of hydrogen-bond acceptors (Lipinski definition) is 4. The van der Waals surface area contributed by atoms with Gasteiger partial charge in [0.2, 0.25) is 5.82 Å². The van der Waals surface area contributed by atoms with Crippen LogP contribution in [0.3, 0.4) is 0 Å². The molecule has 1 heterocycles. The summed E-state index contributed by atoms with van der Waals surface area (Å²) in [4.78, 5) is 4.87. The predicted molar refractivity (Wildman–Crippen MR) is 54.1 cm³/mol. The molecule has 1 aromatic carbocycles. The quantitative estimate of drug-likeness (QED) is 0.539. The molecule has 0 aliphatic heterocycles. The number of nitrogens with zero attached hydrogens (tertiary/aromatic N) is 3. The Kier molecular flexibility index (Phi) is 2.73. The van der Waals surface area contributed by atoms with Crippen molar-refractivity contribution in [2.24, 2.45) is 0 Å². The molecule has 5 heteroatoms. The second-order valence-electron chi connectivity index (χ2n) is 3.13. The summed E-state index contributed by atoms with van der Waals surface area (Å²) in [5.41, 5.74) is 1.15. The number of ether oxygens (including phenoxy) is 1. The molecule has 1 aromatic heterocycles. The van der Waals surface area contributed by atoms with Gasteiger partial charge < -0.3 is 9.94 Å². The largest absolute Gasteiger partial charge is 0.594 e. The number of rotatable bonds is 3. The van der Waals surface area contributed by atoms with Gasteiger partial charge in [0.1, 0.15) is 5.52 Å². The van der Waals surface area contributed by atoms with Crippen LogP contribution in [-0.2, 0) is 11.2 Å². The fourth-order valence-electron chi connectivity index (χ4n) is 1.34. The lowest BCUT2D eigenvalue weighted by Crippen LogP contribution is -2.34. The van der Waals surface area contributed by atoms with Gasteiger partial charge in [-0.3, -0.25) is 0 Å². The monoisotopic (exact) mass is 205 g/mol. The Hall–Kier alpha value is -1.75. The Labute approximate surface area is 86.9 Å². The molecule has 2 rings (SSSR count). The van der Waals surface area contributed by atoms with E-state index in [1.165, 1.54) is 0 Å². The summed E-state index contributed by atoms with van der Waals surface area (Å²) in [6.45, 7) is 0.512. The Bertz CT molecular complexity index is 473. The van der Waals surface area contributed by atoms with Crippen LogP contribution in [0.15, 0.2) is 24.3 Å². The van der Waals surface area contributed by atoms with E-state index < -0.39 is 0 Å². The second-order valence-corrected chi connectivity index (χ2v) is 3.13. The third kappa shape index (κ3) is 2.02. The van der Waals surface area contributed by atoms with E-state index in [9.17, 15) is 5.21 Å². The first-order valence-corrected chi connectivity index (χ1v) is 4.65. The third-order valence-electron chi connectivity index (χ3n) is 2.07. The van der Waals surface area contributed by atoms with E-state index in [-0.39, 0.29) is 0 Å². The van der Waals surface area contributed by atoms with E-state index in [0.29, 0.717) is 34.7 Å². The van der Waals surface area contributed by atoms with Crippen molar-refractivity contribution in [1.29, 1.82) is 0 Å². The summed E-state index contributed by atoms with van der Waals surface area (Å²) in [6, 6.07) is 7.12. The number of aromatic nitrogens is 3. The van der Waals surface area contributed by atoms with Crippen molar-refractivity contribution in [3.8, 4) is 0 Å². The lowest BCUT2D eigenvalue weighted by atomic mass is 10.3. The maximum atomic E-state index is 11.5. The van der Waals surface area contributed by atoms with Crippen molar-refractivity contribution in [3.05, 3.63) is 35.3 Å². The molecular weight excluding hydrogens is 194 g/mol. The van der Waals surface area contributed by atoms with Gasteiger partial charge in [0.15, 0.2) is 0 Å². The average molecular weight is 205 g/mol. The number of para-hydroxylation sites is 2. The Balaban J connectivity index is 2.43. The molecule has 0 aliphatic rings. The van der Waals surface area contributed by atoms with Gasteiger partial charge in [-0.2, -0.15) is 0 Å². The molecule has 5 nitrogen and oxygen atoms in total. The maximum absolute atomic E-state index is 11.5. The minimum atomic E-state index is 0.485. The minimum Gasteiger partial charge on any atom is -0.594 e. The zero-order valence-corrected chi connectivity index (χ0v) is 8.38. The van der Waals surface area contributed by atoms with Gasteiger partial charge in [0.05, 0.1) is 6.61 Å². The standard InChI is InChI=1S/C10H11N3O2/c1-15-7-6-10-11-8-4-2-3-5-9(8)13(14)12-10/h2-5H,6-7H2,1H3. The maximum Gasteiger partial charge on any atom is 0.270 e. The van der Waals surface area contributed by atoms with Crippen LogP contribution in [0.25, 0.3) is 11.0 Å². The van der Waals surface area contributed by atoms with E-state index in [1.807, 2.05) is 6.07 Å². The molecule has 0 saturated heterocycles. The molecule has 0 atom stereocenters. The highest BCUT2D eigenvalue weighted by Gasteiger charge is 2.09. The van der Waals surface area contributed by atoms with Crippen LogP contribution in [0.2, 0.25) is 0 Å². The van der Waals surface area contributed by atoms with Gasteiger partial charge in [-0.05, 0) is 10.9 Å². The van der Waals surface area contributed by atoms with Crippen LogP contribution in [0.4, 0.5) is 0 Å². The highest BCUT2D eigenvalue weighted by Crippen LogP contribution is 2.05. The Morgan fingerprint density at radius 3 is 3.00 bits per heavy atom. The van der Waals surface area contributed by atoms with Crippen LogP contribution in [-0.4, -0.2) is 23.8 Å². The SMILES string of the molecule is COCCc1nc2ccccc2[n+]([O-])n1. The first kappa shape index (κ1) is 9.79. The summed E-state index contributed by atoms with van der Waals surface area (Å²) >= 11 is 0. The lowest BCUT2D eigenvalue weighted by Gasteiger charge is -2.01. The van der Waals surface area contributed by atoms with E-state index in [4.69, 9.17) is 4.74 Å².